The van der Waals surface area contributed by atoms with Gasteiger partial charge in [-0.05, 0) is 65.4 Å². The number of carbonyl (C=O) groups excluding carboxylic acids is 2. The lowest BCUT2D eigenvalue weighted by Gasteiger charge is -2.35. The van der Waals surface area contributed by atoms with Crippen molar-refractivity contribution in [3.05, 3.63) is 119 Å². The van der Waals surface area contributed by atoms with Gasteiger partial charge in [0, 0.05) is 17.7 Å². The predicted octanol–water partition coefficient (Wildman–Crippen LogP) is 6.86. The molecule has 0 spiro atoms. The van der Waals surface area contributed by atoms with E-state index in [1.807, 2.05) is 91.0 Å². The molecule has 8 heteroatoms. The first-order valence-electron chi connectivity index (χ1n) is 14.9. The maximum absolute atomic E-state index is 14.5. The van der Waals surface area contributed by atoms with Gasteiger partial charge in [0.15, 0.2) is 17.3 Å². The molecule has 1 aliphatic heterocycles. The molecule has 2 aliphatic rings. The molecule has 1 aliphatic carbocycles. The SMILES string of the molecule is COc1ccc(C2CC(=O)C3=C(C2)Nc2ccccc2N(C(=O)Cc2ccccc2)C3c2cc(OC)c(OC)c(OC)c2)cc1. The summed E-state index contributed by atoms with van der Waals surface area (Å²) in [5.41, 5.74) is 5.37. The minimum Gasteiger partial charge on any atom is -0.497 e. The molecule has 0 saturated heterocycles. The Hall–Kier alpha value is -5.24. The van der Waals surface area contributed by atoms with E-state index in [1.165, 1.54) is 0 Å². The molecule has 2 atom stereocenters. The highest BCUT2D eigenvalue weighted by atomic mass is 16.5. The summed E-state index contributed by atoms with van der Waals surface area (Å²) in [6, 6.07) is 28.1. The monoisotopic (exact) mass is 604 g/mol. The van der Waals surface area contributed by atoms with Crippen LogP contribution in [-0.4, -0.2) is 40.1 Å². The number of anilines is 2. The van der Waals surface area contributed by atoms with Gasteiger partial charge in [-0.3, -0.25) is 14.5 Å². The van der Waals surface area contributed by atoms with Crippen LogP contribution in [0.4, 0.5) is 11.4 Å². The van der Waals surface area contributed by atoms with Gasteiger partial charge >= 0.3 is 0 Å². The molecule has 0 saturated carbocycles. The van der Waals surface area contributed by atoms with E-state index in [0.29, 0.717) is 46.9 Å². The number of carbonyl (C=O) groups is 2. The van der Waals surface area contributed by atoms with Gasteiger partial charge in [-0.2, -0.15) is 0 Å². The fraction of sp³-hybridized carbons (Fsp3) is 0.243. The van der Waals surface area contributed by atoms with E-state index >= 15 is 0 Å². The van der Waals surface area contributed by atoms with Crippen molar-refractivity contribution in [2.45, 2.75) is 31.2 Å². The quantitative estimate of drug-likeness (QED) is 0.235. The van der Waals surface area contributed by atoms with Crippen LogP contribution in [0.15, 0.2) is 102 Å². The van der Waals surface area contributed by atoms with Gasteiger partial charge in [0.1, 0.15) is 5.75 Å². The third-order valence-electron chi connectivity index (χ3n) is 8.55. The Morgan fingerprint density at radius 1 is 0.778 bits per heavy atom. The highest BCUT2D eigenvalue weighted by Gasteiger charge is 2.42. The number of hydrogen-bond acceptors (Lipinski definition) is 7. The first-order chi connectivity index (χ1) is 21.9. The number of hydrogen-bond donors (Lipinski definition) is 1. The van der Waals surface area contributed by atoms with Crippen LogP contribution in [0.5, 0.6) is 23.0 Å². The Balaban J connectivity index is 1.56. The summed E-state index contributed by atoms with van der Waals surface area (Å²) in [7, 11) is 6.29. The average Bonchev–Trinajstić information content (AvgIpc) is 3.22. The fourth-order valence-electron chi connectivity index (χ4n) is 6.41. The number of Topliss-reactive ketones (excluding diaryl/α,β-unsaturated/α-hetero) is 1. The predicted molar refractivity (Wildman–Crippen MR) is 174 cm³/mol. The first-order valence-corrected chi connectivity index (χ1v) is 14.9. The normalized spacial score (nSPS) is 17.4. The van der Waals surface area contributed by atoms with Gasteiger partial charge in [-0.1, -0.05) is 54.6 Å². The summed E-state index contributed by atoms with van der Waals surface area (Å²) >= 11 is 0. The van der Waals surface area contributed by atoms with Crippen molar-refractivity contribution in [2.75, 3.05) is 38.7 Å². The number of amides is 1. The van der Waals surface area contributed by atoms with Crippen LogP contribution in [0.25, 0.3) is 0 Å². The summed E-state index contributed by atoms with van der Waals surface area (Å²) in [4.78, 5) is 30.7. The second-order valence-electron chi connectivity index (χ2n) is 11.1. The van der Waals surface area contributed by atoms with E-state index < -0.39 is 6.04 Å². The van der Waals surface area contributed by atoms with Crippen LogP contribution in [0, 0.1) is 0 Å². The van der Waals surface area contributed by atoms with Crippen LogP contribution in [0.2, 0.25) is 0 Å². The minimum atomic E-state index is -0.759. The smallest absolute Gasteiger partial charge is 0.232 e. The van der Waals surface area contributed by atoms with E-state index in [9.17, 15) is 9.59 Å². The van der Waals surface area contributed by atoms with Crippen molar-refractivity contribution < 1.29 is 28.5 Å². The van der Waals surface area contributed by atoms with Gasteiger partial charge in [0.25, 0.3) is 0 Å². The molecule has 4 aromatic carbocycles. The minimum absolute atomic E-state index is 0.0337. The maximum Gasteiger partial charge on any atom is 0.232 e. The Kier molecular flexibility index (Phi) is 8.47. The van der Waals surface area contributed by atoms with E-state index in [4.69, 9.17) is 18.9 Å². The number of benzene rings is 4. The Morgan fingerprint density at radius 2 is 1.44 bits per heavy atom. The van der Waals surface area contributed by atoms with Gasteiger partial charge in [0.05, 0.1) is 52.3 Å². The molecule has 1 N–H and O–H groups in total. The molecule has 1 heterocycles. The fourth-order valence-corrected chi connectivity index (χ4v) is 6.41. The highest BCUT2D eigenvalue weighted by molar-refractivity contribution is 6.07. The molecule has 0 aromatic heterocycles. The van der Waals surface area contributed by atoms with Crippen molar-refractivity contribution in [3.8, 4) is 23.0 Å². The topological polar surface area (TPSA) is 86.3 Å². The number of nitrogens with zero attached hydrogens (tertiary/aromatic N) is 1. The van der Waals surface area contributed by atoms with E-state index in [2.05, 4.69) is 5.32 Å². The molecule has 1 amide bonds. The molecule has 8 nitrogen and oxygen atoms in total. The molecular formula is C37H36N2O6. The summed E-state index contributed by atoms with van der Waals surface area (Å²) in [6.07, 6.45) is 1.04. The molecule has 230 valence electrons. The summed E-state index contributed by atoms with van der Waals surface area (Å²) < 4.78 is 22.4. The number of para-hydroxylation sites is 2. The second-order valence-corrected chi connectivity index (χ2v) is 11.1. The van der Waals surface area contributed by atoms with Crippen molar-refractivity contribution in [1.29, 1.82) is 0 Å². The molecule has 0 bridgehead atoms. The van der Waals surface area contributed by atoms with Gasteiger partial charge < -0.3 is 24.3 Å². The lowest BCUT2D eigenvalue weighted by Crippen LogP contribution is -2.39. The Morgan fingerprint density at radius 3 is 2.09 bits per heavy atom. The zero-order valence-corrected chi connectivity index (χ0v) is 25.8. The Bertz CT molecular complexity index is 1720. The lowest BCUT2D eigenvalue weighted by atomic mass is 9.78. The second kappa shape index (κ2) is 12.8. The van der Waals surface area contributed by atoms with Crippen molar-refractivity contribution in [2.24, 2.45) is 0 Å². The molecule has 0 radical (unpaired) electrons. The van der Waals surface area contributed by atoms with E-state index in [1.54, 1.807) is 33.3 Å². The zero-order chi connectivity index (χ0) is 31.5. The molecule has 45 heavy (non-hydrogen) atoms. The van der Waals surface area contributed by atoms with Crippen molar-refractivity contribution >= 4 is 23.1 Å². The number of fused-ring (bicyclic) bond motifs is 1. The standard InChI is InChI=1S/C37H36N2O6/c1-42-27-16-14-24(15-17-27)25-19-29-35(31(40)20-25)36(26-21-32(43-2)37(45-4)33(22-26)44-3)39(30-13-9-8-12-28(30)38-29)34(41)18-23-10-6-5-7-11-23/h5-17,21-22,25,36,38H,18-20H2,1-4H3. The third kappa shape index (κ3) is 5.71. The van der Waals surface area contributed by atoms with Gasteiger partial charge in [-0.25, -0.2) is 0 Å². The number of allylic oxidation sites excluding steroid dienone is 1. The largest absolute Gasteiger partial charge is 0.497 e. The Labute approximate surface area is 263 Å². The summed E-state index contributed by atoms with van der Waals surface area (Å²) in [5.74, 6) is 1.85. The number of ketones is 1. The van der Waals surface area contributed by atoms with Crippen LogP contribution >= 0.6 is 0 Å². The summed E-state index contributed by atoms with van der Waals surface area (Å²) in [5, 5.41) is 3.60. The number of ether oxygens (including phenoxy) is 4. The van der Waals surface area contributed by atoms with Crippen molar-refractivity contribution in [3.63, 3.8) is 0 Å². The van der Waals surface area contributed by atoms with Gasteiger partial charge in [0.2, 0.25) is 11.7 Å². The van der Waals surface area contributed by atoms with Crippen LogP contribution in [-0.2, 0) is 16.0 Å². The first kappa shape index (κ1) is 29.8. The van der Waals surface area contributed by atoms with Crippen LogP contribution in [0.1, 0.15) is 41.5 Å². The molecule has 4 aromatic rings. The number of rotatable bonds is 8. The summed E-state index contributed by atoms with van der Waals surface area (Å²) in [6.45, 7) is 0. The molecule has 6 rings (SSSR count). The zero-order valence-electron chi connectivity index (χ0n) is 25.8. The molecular weight excluding hydrogens is 568 g/mol. The third-order valence-corrected chi connectivity index (χ3v) is 8.55. The molecule has 2 unspecified atom stereocenters. The number of nitrogens with one attached hydrogen (secondary N) is 1. The molecule has 0 fully saturated rings. The highest BCUT2D eigenvalue weighted by Crippen LogP contribution is 2.50. The lowest BCUT2D eigenvalue weighted by molar-refractivity contribution is -0.118. The van der Waals surface area contributed by atoms with E-state index in [-0.39, 0.29) is 24.0 Å². The van der Waals surface area contributed by atoms with Crippen LogP contribution in [0.3, 0.4) is 0 Å². The number of methoxy groups -OCH3 is 4. The van der Waals surface area contributed by atoms with Crippen molar-refractivity contribution in [1.82, 2.24) is 0 Å². The van der Waals surface area contributed by atoms with Gasteiger partial charge in [-0.15, -0.1) is 0 Å². The maximum atomic E-state index is 14.5. The average molecular weight is 605 g/mol. The van der Waals surface area contributed by atoms with E-state index in [0.717, 1.165) is 28.3 Å². The van der Waals surface area contributed by atoms with Crippen LogP contribution < -0.4 is 29.2 Å².